The summed E-state index contributed by atoms with van der Waals surface area (Å²) in [6.45, 7) is -0.347. The van der Waals surface area contributed by atoms with Crippen molar-refractivity contribution in [3.63, 3.8) is 0 Å². The van der Waals surface area contributed by atoms with Crippen LogP contribution in [0, 0.1) is 5.82 Å². The zero-order valence-electron chi connectivity index (χ0n) is 12.0. The lowest BCUT2D eigenvalue weighted by molar-refractivity contribution is -0.125. The van der Waals surface area contributed by atoms with Crippen LogP contribution in [0.5, 0.6) is 5.75 Å². The summed E-state index contributed by atoms with van der Waals surface area (Å²) in [5.74, 6) is -1.50. The first kappa shape index (κ1) is 14.5. The molecular formula is C15H15FN2O4. The largest absolute Gasteiger partial charge is 0.494 e. The number of ketones is 1. The van der Waals surface area contributed by atoms with Crippen LogP contribution in [0.1, 0.15) is 23.2 Å². The zero-order chi connectivity index (χ0) is 15.9. The Morgan fingerprint density at radius 1 is 1.36 bits per heavy atom. The molecular weight excluding hydrogens is 291 g/mol. The van der Waals surface area contributed by atoms with Gasteiger partial charge < -0.3 is 9.64 Å². The van der Waals surface area contributed by atoms with E-state index in [0.717, 1.165) is 23.8 Å². The van der Waals surface area contributed by atoms with E-state index in [4.69, 9.17) is 4.74 Å². The smallest absolute Gasteiger partial charge is 0.327 e. The molecule has 0 unspecified atom stereocenters. The molecule has 1 heterocycles. The van der Waals surface area contributed by atoms with E-state index in [1.165, 1.54) is 24.1 Å². The van der Waals surface area contributed by atoms with E-state index in [1.807, 2.05) is 0 Å². The molecule has 0 spiro atoms. The zero-order valence-corrected chi connectivity index (χ0v) is 12.0. The second-order valence-corrected chi connectivity index (χ2v) is 5.39. The number of nitrogens with zero attached hydrogens (tertiary/aromatic N) is 2. The van der Waals surface area contributed by atoms with Crippen LogP contribution in [-0.2, 0) is 4.79 Å². The van der Waals surface area contributed by atoms with Gasteiger partial charge in [-0.2, -0.15) is 0 Å². The number of hydrogen-bond donors (Lipinski definition) is 0. The Morgan fingerprint density at radius 2 is 2.09 bits per heavy atom. The van der Waals surface area contributed by atoms with Crippen molar-refractivity contribution < 1.29 is 23.5 Å². The van der Waals surface area contributed by atoms with E-state index < -0.39 is 17.6 Å². The molecule has 2 aliphatic rings. The molecule has 1 aliphatic carbocycles. The minimum Gasteiger partial charge on any atom is -0.494 e. The molecule has 7 heteroatoms. The van der Waals surface area contributed by atoms with Gasteiger partial charge in [0.2, 0.25) is 0 Å². The van der Waals surface area contributed by atoms with Gasteiger partial charge in [0.1, 0.15) is 6.54 Å². The number of carbonyl (C=O) groups excluding carboxylic acids is 3. The van der Waals surface area contributed by atoms with Gasteiger partial charge in [0.05, 0.1) is 13.7 Å². The Balaban J connectivity index is 1.72. The first-order chi connectivity index (χ1) is 10.5. The second kappa shape index (κ2) is 5.40. The van der Waals surface area contributed by atoms with E-state index in [-0.39, 0.29) is 36.4 Å². The monoisotopic (exact) mass is 306 g/mol. The Kier molecular flexibility index (Phi) is 3.56. The third-order valence-electron chi connectivity index (χ3n) is 3.85. The number of Topliss-reactive ketones (excluding diaryl/α,β-unsaturated/α-hetero) is 1. The van der Waals surface area contributed by atoms with Crippen molar-refractivity contribution in [2.24, 2.45) is 0 Å². The first-order valence-corrected chi connectivity index (χ1v) is 6.99. The fourth-order valence-electron chi connectivity index (χ4n) is 2.46. The van der Waals surface area contributed by atoms with Crippen molar-refractivity contribution in [1.29, 1.82) is 0 Å². The summed E-state index contributed by atoms with van der Waals surface area (Å²) in [4.78, 5) is 38.6. The quantitative estimate of drug-likeness (QED) is 0.610. The van der Waals surface area contributed by atoms with Gasteiger partial charge >= 0.3 is 6.03 Å². The summed E-state index contributed by atoms with van der Waals surface area (Å²) in [7, 11) is 1.33. The molecule has 0 bridgehead atoms. The topological polar surface area (TPSA) is 66.9 Å². The molecule has 1 saturated carbocycles. The minimum absolute atomic E-state index is 0.0216. The van der Waals surface area contributed by atoms with Crippen molar-refractivity contribution in [2.45, 2.75) is 18.9 Å². The molecule has 1 aromatic carbocycles. The Bertz CT molecular complexity index is 657. The summed E-state index contributed by atoms with van der Waals surface area (Å²) in [5.41, 5.74) is 0.101. The van der Waals surface area contributed by atoms with Crippen LogP contribution in [0.4, 0.5) is 9.18 Å². The number of halogens is 1. The molecule has 2 fully saturated rings. The first-order valence-electron chi connectivity index (χ1n) is 6.99. The maximum atomic E-state index is 13.6. The minimum atomic E-state index is -0.660. The number of carbonyl (C=O) groups is 3. The molecule has 1 aliphatic heterocycles. The summed E-state index contributed by atoms with van der Waals surface area (Å²) >= 11 is 0. The lowest BCUT2D eigenvalue weighted by Crippen LogP contribution is -2.37. The van der Waals surface area contributed by atoms with E-state index in [2.05, 4.69) is 0 Å². The Morgan fingerprint density at radius 3 is 2.68 bits per heavy atom. The molecule has 0 atom stereocenters. The normalized spacial score (nSPS) is 18.1. The maximum absolute atomic E-state index is 13.6. The van der Waals surface area contributed by atoms with Crippen molar-refractivity contribution in [1.82, 2.24) is 9.80 Å². The van der Waals surface area contributed by atoms with Gasteiger partial charge in [0.15, 0.2) is 17.3 Å². The van der Waals surface area contributed by atoms with Crippen LogP contribution in [0.3, 0.4) is 0 Å². The van der Waals surface area contributed by atoms with Crippen LogP contribution < -0.4 is 4.74 Å². The van der Waals surface area contributed by atoms with Crippen LogP contribution in [0.25, 0.3) is 0 Å². The van der Waals surface area contributed by atoms with Gasteiger partial charge in [-0.05, 0) is 31.0 Å². The molecule has 3 rings (SSSR count). The highest BCUT2D eigenvalue weighted by molar-refractivity contribution is 6.08. The lowest BCUT2D eigenvalue weighted by atomic mass is 10.1. The highest BCUT2D eigenvalue weighted by Crippen LogP contribution is 2.30. The van der Waals surface area contributed by atoms with Crippen LogP contribution in [0.15, 0.2) is 18.2 Å². The number of rotatable bonds is 5. The molecule has 6 nitrogen and oxygen atoms in total. The molecule has 0 radical (unpaired) electrons. The average molecular weight is 306 g/mol. The number of imide groups is 1. The van der Waals surface area contributed by atoms with Gasteiger partial charge in [0.25, 0.3) is 5.91 Å². The van der Waals surface area contributed by atoms with Crippen molar-refractivity contribution in [3.05, 3.63) is 29.6 Å². The number of amides is 3. The molecule has 1 aromatic rings. The predicted octanol–water partition coefficient (Wildman–Crippen LogP) is 1.44. The molecule has 3 amide bonds. The molecule has 0 N–H and O–H groups in total. The standard InChI is InChI=1S/C15H15FN2O4/c1-22-13-5-2-9(6-11(13)16)12(19)7-18-14(20)8-17(15(18)21)10-3-4-10/h2,5-6,10H,3-4,7-8H2,1H3. The number of benzene rings is 1. The highest BCUT2D eigenvalue weighted by Gasteiger charge is 2.44. The summed E-state index contributed by atoms with van der Waals surface area (Å²) in [5, 5.41) is 0. The number of ether oxygens (including phenoxy) is 1. The van der Waals surface area contributed by atoms with Gasteiger partial charge in [-0.1, -0.05) is 0 Å². The summed E-state index contributed by atoms with van der Waals surface area (Å²) < 4.78 is 18.4. The third kappa shape index (κ3) is 2.54. The second-order valence-electron chi connectivity index (χ2n) is 5.39. The predicted molar refractivity (Wildman–Crippen MR) is 74.1 cm³/mol. The Labute approximate surface area is 126 Å². The van der Waals surface area contributed by atoms with E-state index in [0.29, 0.717) is 0 Å². The van der Waals surface area contributed by atoms with Crippen molar-refractivity contribution >= 4 is 17.7 Å². The van der Waals surface area contributed by atoms with E-state index in [1.54, 1.807) is 0 Å². The highest BCUT2D eigenvalue weighted by atomic mass is 19.1. The van der Waals surface area contributed by atoms with Gasteiger partial charge in [-0.3, -0.25) is 14.5 Å². The maximum Gasteiger partial charge on any atom is 0.327 e. The number of hydrogen-bond acceptors (Lipinski definition) is 4. The van der Waals surface area contributed by atoms with Crippen LogP contribution in [0.2, 0.25) is 0 Å². The molecule has 22 heavy (non-hydrogen) atoms. The molecule has 1 saturated heterocycles. The fourth-order valence-corrected chi connectivity index (χ4v) is 2.46. The number of methoxy groups -OCH3 is 1. The average Bonchev–Trinajstić information content (AvgIpc) is 3.29. The van der Waals surface area contributed by atoms with Gasteiger partial charge in [0, 0.05) is 11.6 Å². The third-order valence-corrected chi connectivity index (χ3v) is 3.85. The summed E-state index contributed by atoms with van der Waals surface area (Å²) in [6.07, 6.45) is 1.79. The van der Waals surface area contributed by atoms with Crippen molar-refractivity contribution in [3.8, 4) is 5.75 Å². The lowest BCUT2D eigenvalue weighted by Gasteiger charge is -2.16. The van der Waals surface area contributed by atoms with E-state index >= 15 is 0 Å². The fraction of sp³-hybridized carbons (Fsp3) is 0.400. The Hall–Kier alpha value is -2.44. The molecule has 0 aromatic heterocycles. The van der Waals surface area contributed by atoms with Gasteiger partial charge in [-0.25, -0.2) is 9.18 Å². The summed E-state index contributed by atoms with van der Waals surface area (Å²) in [6, 6.07) is 3.48. The SMILES string of the molecule is COc1ccc(C(=O)CN2C(=O)CN(C3CC3)C2=O)cc1F. The van der Waals surface area contributed by atoms with Crippen LogP contribution >= 0.6 is 0 Å². The van der Waals surface area contributed by atoms with E-state index in [9.17, 15) is 18.8 Å². The van der Waals surface area contributed by atoms with Gasteiger partial charge in [-0.15, -0.1) is 0 Å². The number of urea groups is 1. The van der Waals surface area contributed by atoms with Crippen LogP contribution in [-0.4, -0.2) is 53.8 Å². The molecule has 116 valence electrons. The van der Waals surface area contributed by atoms with Crippen molar-refractivity contribution in [2.75, 3.05) is 20.2 Å².